The molecule has 1 unspecified atom stereocenters. The predicted molar refractivity (Wildman–Crippen MR) is 140 cm³/mol. The number of nitrogens with one attached hydrogen (secondary N) is 1. The van der Waals surface area contributed by atoms with Gasteiger partial charge >= 0.3 is 6.64 Å². The Morgan fingerprint density at radius 2 is 1.12 bits per heavy atom. The van der Waals surface area contributed by atoms with Crippen LogP contribution in [0.2, 0.25) is 0 Å². The van der Waals surface area contributed by atoms with Crippen molar-refractivity contribution in [2.24, 2.45) is 0 Å². The molecule has 0 aromatic heterocycles. The van der Waals surface area contributed by atoms with Crippen molar-refractivity contribution in [3.63, 3.8) is 0 Å². The molecule has 5 aromatic carbocycles. The van der Waals surface area contributed by atoms with Crippen LogP contribution in [0, 0.1) is 0 Å². The highest BCUT2D eigenvalue weighted by Gasteiger charge is 2.33. The molecule has 0 bridgehead atoms. The molecule has 1 atom stereocenters. The van der Waals surface area contributed by atoms with Crippen LogP contribution in [0.4, 0.5) is 0 Å². The van der Waals surface area contributed by atoms with E-state index in [4.69, 9.17) is 20.9 Å². The first kappa shape index (κ1) is 20.4. The van der Waals surface area contributed by atoms with E-state index in [2.05, 4.69) is 84.8 Å². The van der Waals surface area contributed by atoms with E-state index in [0.29, 0.717) is 0 Å². The van der Waals surface area contributed by atoms with Crippen molar-refractivity contribution in [2.75, 3.05) is 0 Å². The molecule has 0 saturated heterocycles. The van der Waals surface area contributed by atoms with Crippen LogP contribution in [0.25, 0.3) is 32.7 Å². The molecular weight excluding hydrogens is 445 g/mol. The molecule has 5 aromatic rings. The molecule has 33 heavy (non-hydrogen) atoms. The summed E-state index contributed by atoms with van der Waals surface area (Å²) in [7, 11) is 0. The van der Waals surface area contributed by atoms with Gasteiger partial charge in [0.05, 0.1) is 0 Å². The van der Waals surface area contributed by atoms with Crippen molar-refractivity contribution < 1.29 is 9.05 Å². The lowest BCUT2D eigenvalue weighted by Crippen LogP contribution is -2.21. The van der Waals surface area contributed by atoms with E-state index < -0.39 is 6.64 Å². The van der Waals surface area contributed by atoms with E-state index in [1.54, 1.807) is 0 Å². The van der Waals surface area contributed by atoms with Crippen molar-refractivity contribution in [3.8, 4) is 22.6 Å². The van der Waals surface area contributed by atoms with Crippen LogP contribution in [0.15, 0.2) is 103 Å². The largest absolute Gasteiger partial charge is 0.424 e. The monoisotopic (exact) mass is 467 g/mol. The summed E-state index contributed by atoms with van der Waals surface area (Å²) in [6.07, 6.45) is 0. The molecular formula is C28H22NO2PS. The van der Waals surface area contributed by atoms with Crippen molar-refractivity contribution in [2.45, 2.75) is 13.0 Å². The van der Waals surface area contributed by atoms with Crippen LogP contribution in [0.1, 0.15) is 18.5 Å². The minimum Gasteiger partial charge on any atom is -0.424 e. The Bertz CT molecular complexity index is 1460. The van der Waals surface area contributed by atoms with Gasteiger partial charge in [-0.2, -0.15) is 0 Å². The molecule has 1 N–H and O–H groups in total. The average molecular weight is 468 g/mol. The molecule has 0 radical (unpaired) electrons. The minimum atomic E-state index is -2.92. The zero-order valence-electron chi connectivity index (χ0n) is 18.1. The van der Waals surface area contributed by atoms with Crippen molar-refractivity contribution in [1.82, 2.24) is 5.09 Å². The van der Waals surface area contributed by atoms with Gasteiger partial charge in [0.15, 0.2) is 0 Å². The van der Waals surface area contributed by atoms with Crippen LogP contribution in [-0.4, -0.2) is 0 Å². The second kappa shape index (κ2) is 8.00. The number of hydrogen-bond donors (Lipinski definition) is 1. The Hall–Kier alpha value is -3.17. The van der Waals surface area contributed by atoms with Gasteiger partial charge in [0.2, 0.25) is 0 Å². The molecule has 0 amide bonds. The summed E-state index contributed by atoms with van der Waals surface area (Å²) in [6.45, 7) is -0.829. The molecule has 1 aliphatic rings. The van der Waals surface area contributed by atoms with Gasteiger partial charge in [-0.3, -0.25) is 0 Å². The maximum atomic E-state index is 6.57. The molecule has 0 spiro atoms. The SMILES string of the molecule is CC(NP1(=S)Oc2ccc3ccccc3c2-c2c(ccc3ccccc23)O1)c1ccccc1. The first-order chi connectivity index (χ1) is 16.1. The summed E-state index contributed by atoms with van der Waals surface area (Å²) < 4.78 is 13.1. The number of rotatable bonds is 3. The lowest BCUT2D eigenvalue weighted by Gasteiger charge is -2.26. The molecule has 1 heterocycles. The summed E-state index contributed by atoms with van der Waals surface area (Å²) in [5.41, 5.74) is 3.19. The van der Waals surface area contributed by atoms with E-state index in [-0.39, 0.29) is 6.04 Å². The fourth-order valence-corrected chi connectivity index (χ4v) is 7.10. The van der Waals surface area contributed by atoms with E-state index in [9.17, 15) is 0 Å². The lowest BCUT2D eigenvalue weighted by molar-refractivity contribution is 0.467. The Labute approximate surface area is 198 Å². The smallest absolute Gasteiger partial charge is 0.365 e. The molecule has 1 aliphatic heterocycles. The third kappa shape index (κ3) is 3.61. The van der Waals surface area contributed by atoms with Gasteiger partial charge < -0.3 is 9.05 Å². The number of fused-ring (bicyclic) bond motifs is 7. The minimum absolute atomic E-state index is 0.0250. The third-order valence-electron chi connectivity index (χ3n) is 6.12. The normalized spacial score (nSPS) is 15.1. The summed E-state index contributed by atoms with van der Waals surface area (Å²) in [6, 6.07) is 35.2. The highest BCUT2D eigenvalue weighted by atomic mass is 32.5. The lowest BCUT2D eigenvalue weighted by atomic mass is 9.92. The van der Waals surface area contributed by atoms with Gasteiger partial charge in [-0.1, -0.05) is 91.0 Å². The third-order valence-corrected chi connectivity index (χ3v) is 8.46. The standard InChI is InChI=1S/C28H22NO2PS/c1-19(20-9-3-2-4-10-20)29-32(33)30-25-17-15-21-11-5-7-13-23(21)27(25)28-24-14-8-6-12-22(24)16-18-26(28)31-32/h2-19H,1H3,(H,29,33). The highest BCUT2D eigenvalue weighted by molar-refractivity contribution is 8.09. The second-order valence-electron chi connectivity index (χ2n) is 8.26. The average Bonchev–Trinajstić information content (AvgIpc) is 2.98. The predicted octanol–water partition coefficient (Wildman–Crippen LogP) is 8.01. The number of benzene rings is 5. The Morgan fingerprint density at radius 3 is 1.67 bits per heavy atom. The fraction of sp³-hybridized carbons (Fsp3) is 0.0714. The van der Waals surface area contributed by atoms with Crippen LogP contribution >= 0.6 is 6.64 Å². The topological polar surface area (TPSA) is 30.5 Å². The molecule has 162 valence electrons. The molecule has 5 heteroatoms. The van der Waals surface area contributed by atoms with Crippen molar-refractivity contribution in [1.29, 1.82) is 0 Å². The Kier molecular flexibility index (Phi) is 4.95. The van der Waals surface area contributed by atoms with Crippen LogP contribution in [-0.2, 0) is 11.8 Å². The van der Waals surface area contributed by atoms with Gasteiger partial charge in [-0.05, 0) is 46.2 Å². The van der Waals surface area contributed by atoms with Gasteiger partial charge in [-0.15, -0.1) is 0 Å². The van der Waals surface area contributed by atoms with Crippen LogP contribution in [0.5, 0.6) is 11.5 Å². The first-order valence-corrected chi connectivity index (χ1v) is 13.6. The Balaban J connectivity index is 1.58. The fourth-order valence-electron chi connectivity index (χ4n) is 4.55. The van der Waals surface area contributed by atoms with E-state index >= 15 is 0 Å². The summed E-state index contributed by atoms with van der Waals surface area (Å²) in [5, 5.41) is 8.06. The molecule has 0 fully saturated rings. The molecule has 0 aliphatic carbocycles. The van der Waals surface area contributed by atoms with Gasteiger partial charge in [-0.25, -0.2) is 5.09 Å². The quantitative estimate of drug-likeness (QED) is 0.272. The Morgan fingerprint density at radius 1 is 0.636 bits per heavy atom. The molecule has 6 rings (SSSR count). The maximum Gasteiger partial charge on any atom is 0.365 e. The number of hydrogen-bond acceptors (Lipinski definition) is 3. The zero-order chi connectivity index (χ0) is 22.4. The summed E-state index contributed by atoms with van der Waals surface area (Å²) >= 11 is 6.07. The zero-order valence-corrected chi connectivity index (χ0v) is 19.8. The molecule has 0 saturated carbocycles. The maximum absolute atomic E-state index is 6.57. The van der Waals surface area contributed by atoms with E-state index in [0.717, 1.165) is 49.7 Å². The van der Waals surface area contributed by atoms with Crippen molar-refractivity contribution in [3.05, 3.63) is 109 Å². The first-order valence-electron chi connectivity index (χ1n) is 11.0. The van der Waals surface area contributed by atoms with Crippen LogP contribution in [0.3, 0.4) is 0 Å². The van der Waals surface area contributed by atoms with Crippen LogP contribution < -0.4 is 14.1 Å². The second-order valence-corrected chi connectivity index (χ2v) is 11.3. The van der Waals surface area contributed by atoms with Gasteiger partial charge in [0.25, 0.3) is 0 Å². The van der Waals surface area contributed by atoms with E-state index in [1.807, 2.05) is 30.3 Å². The van der Waals surface area contributed by atoms with Gasteiger partial charge in [0.1, 0.15) is 11.5 Å². The molecule has 3 nitrogen and oxygen atoms in total. The van der Waals surface area contributed by atoms with E-state index in [1.165, 1.54) is 0 Å². The van der Waals surface area contributed by atoms with Crippen molar-refractivity contribution >= 4 is 40.0 Å². The summed E-state index contributed by atoms with van der Waals surface area (Å²) in [4.78, 5) is 0. The summed E-state index contributed by atoms with van der Waals surface area (Å²) in [5.74, 6) is 1.50. The highest BCUT2D eigenvalue weighted by Crippen LogP contribution is 2.57. The van der Waals surface area contributed by atoms with Gasteiger partial charge in [0, 0.05) is 29.0 Å².